The number of rotatable bonds is 2. The Bertz CT molecular complexity index is 1140. The van der Waals surface area contributed by atoms with E-state index in [1.54, 1.807) is 18.3 Å². The van der Waals surface area contributed by atoms with Crippen molar-refractivity contribution < 1.29 is 4.74 Å². The Balaban J connectivity index is 1.90. The Labute approximate surface area is 145 Å². The van der Waals surface area contributed by atoms with Gasteiger partial charge in [0.25, 0.3) is 0 Å². The van der Waals surface area contributed by atoms with E-state index in [1.165, 1.54) is 0 Å². The Morgan fingerprint density at radius 1 is 1.04 bits per heavy atom. The Hall–Kier alpha value is -2.85. The van der Waals surface area contributed by atoms with Gasteiger partial charge in [-0.1, -0.05) is 0 Å². The van der Waals surface area contributed by atoms with E-state index < -0.39 is 0 Å². The third-order valence-corrected chi connectivity index (χ3v) is 4.31. The summed E-state index contributed by atoms with van der Waals surface area (Å²) in [6, 6.07) is 13.1. The molecule has 3 N–H and O–H groups in total. The van der Waals surface area contributed by atoms with Crippen molar-refractivity contribution in [1.29, 1.82) is 0 Å². The van der Waals surface area contributed by atoms with Gasteiger partial charge in [0.05, 0.1) is 0 Å². The van der Waals surface area contributed by atoms with E-state index in [1.807, 2.05) is 30.3 Å². The topological polar surface area (TPSA) is 93.9 Å². The second kappa shape index (κ2) is 5.65. The van der Waals surface area contributed by atoms with Crippen LogP contribution < -0.4 is 20.5 Å². The van der Waals surface area contributed by atoms with E-state index >= 15 is 0 Å². The molecular formula is C17H11AsN4O2. The van der Waals surface area contributed by atoms with Gasteiger partial charge in [-0.25, -0.2) is 0 Å². The second-order valence-electron chi connectivity index (χ2n) is 5.20. The number of ether oxygens (including phenoxy) is 1. The first-order chi connectivity index (χ1) is 11.6. The summed E-state index contributed by atoms with van der Waals surface area (Å²) in [5.74, 6) is 1.17. The molecule has 0 bridgehead atoms. The summed E-state index contributed by atoms with van der Waals surface area (Å²) >= 11 is 2.14. The van der Waals surface area contributed by atoms with Crippen LogP contribution in [0.25, 0.3) is 21.9 Å². The molecule has 0 unspecified atom stereocenters. The van der Waals surface area contributed by atoms with Crippen LogP contribution in [-0.4, -0.2) is 31.8 Å². The van der Waals surface area contributed by atoms with Crippen molar-refractivity contribution in [1.82, 2.24) is 15.0 Å². The van der Waals surface area contributed by atoms with E-state index in [-0.39, 0.29) is 5.56 Å². The fourth-order valence-corrected chi connectivity index (χ4v) is 2.87. The number of hydrogen-bond acceptors (Lipinski definition) is 5. The van der Waals surface area contributed by atoms with Gasteiger partial charge in [-0.05, 0) is 0 Å². The molecule has 0 fully saturated rings. The summed E-state index contributed by atoms with van der Waals surface area (Å²) in [5.41, 5.74) is 7.30. The van der Waals surface area contributed by atoms with E-state index in [9.17, 15) is 4.79 Å². The number of hydrogen-bond donors (Lipinski definition) is 2. The first-order valence-corrected chi connectivity index (χ1v) is 8.10. The SMILES string of the molecule is Nc1ccc(Oc2ccnc3[nH]c(=O)c([As])nc23)c2ccccc12. The molecule has 2 radical (unpaired) electrons. The van der Waals surface area contributed by atoms with Crippen molar-refractivity contribution >= 4 is 49.0 Å². The molecule has 2 heterocycles. The summed E-state index contributed by atoms with van der Waals surface area (Å²) in [4.78, 5) is 22.8. The molecule has 0 saturated carbocycles. The summed E-state index contributed by atoms with van der Waals surface area (Å²) < 4.78 is 6.37. The molecular weight excluding hydrogens is 367 g/mol. The van der Waals surface area contributed by atoms with E-state index in [0.29, 0.717) is 32.8 Å². The number of H-pyrrole nitrogens is 1. The molecule has 6 nitrogen and oxygen atoms in total. The summed E-state index contributed by atoms with van der Waals surface area (Å²) in [6.45, 7) is 0. The van der Waals surface area contributed by atoms with Gasteiger partial charge < -0.3 is 0 Å². The number of fused-ring (bicyclic) bond motifs is 2. The van der Waals surface area contributed by atoms with Gasteiger partial charge in [0.1, 0.15) is 0 Å². The van der Waals surface area contributed by atoms with Crippen molar-refractivity contribution in [2.45, 2.75) is 0 Å². The Morgan fingerprint density at radius 2 is 1.83 bits per heavy atom. The summed E-state index contributed by atoms with van der Waals surface area (Å²) in [6.07, 6.45) is 1.57. The third-order valence-electron chi connectivity index (χ3n) is 3.68. The van der Waals surface area contributed by atoms with Gasteiger partial charge in [0, 0.05) is 0 Å². The van der Waals surface area contributed by atoms with Gasteiger partial charge in [-0.3, -0.25) is 0 Å². The minimum atomic E-state index is -0.287. The number of nitrogens with zero attached hydrogens (tertiary/aromatic N) is 2. The molecule has 116 valence electrons. The normalized spacial score (nSPS) is 11.0. The molecule has 0 saturated heterocycles. The fraction of sp³-hybridized carbons (Fsp3) is 0. The van der Waals surface area contributed by atoms with Crippen molar-refractivity contribution in [3.8, 4) is 11.5 Å². The number of nitrogens with two attached hydrogens (primary N) is 1. The molecule has 0 aliphatic rings. The number of aromatic amines is 1. The van der Waals surface area contributed by atoms with Crippen LogP contribution in [0.1, 0.15) is 0 Å². The van der Waals surface area contributed by atoms with Crippen molar-refractivity contribution in [3.05, 3.63) is 59.0 Å². The van der Waals surface area contributed by atoms with Crippen molar-refractivity contribution in [2.75, 3.05) is 5.73 Å². The van der Waals surface area contributed by atoms with Gasteiger partial charge in [0.2, 0.25) is 0 Å². The molecule has 4 rings (SSSR count). The first-order valence-electron chi connectivity index (χ1n) is 7.16. The van der Waals surface area contributed by atoms with E-state index in [0.717, 1.165) is 10.8 Å². The predicted molar refractivity (Wildman–Crippen MR) is 94.0 cm³/mol. The zero-order valence-corrected chi connectivity index (χ0v) is 14.2. The number of aromatic nitrogens is 3. The summed E-state index contributed by atoms with van der Waals surface area (Å²) in [7, 11) is 0. The standard InChI is InChI=1S/C17H11AsN4O2/c18-15-17(23)22-16-14(21-15)13(7-8-20-16)24-12-6-5-11(19)9-3-1-2-4-10(9)12/h1-8H,19H2,(H,20,22,23). The Morgan fingerprint density at radius 3 is 2.67 bits per heavy atom. The maximum atomic E-state index is 11.7. The average molecular weight is 378 g/mol. The van der Waals surface area contributed by atoms with Crippen LogP contribution in [0.4, 0.5) is 5.69 Å². The monoisotopic (exact) mass is 378 g/mol. The van der Waals surface area contributed by atoms with Gasteiger partial charge in [-0.2, -0.15) is 0 Å². The number of anilines is 1. The van der Waals surface area contributed by atoms with Crippen LogP contribution in [0.3, 0.4) is 0 Å². The summed E-state index contributed by atoms with van der Waals surface area (Å²) in [5, 5.41) is 1.82. The van der Waals surface area contributed by atoms with Crippen molar-refractivity contribution in [2.24, 2.45) is 0 Å². The molecule has 2 aromatic heterocycles. The molecule has 4 aromatic rings. The zero-order chi connectivity index (χ0) is 16.7. The molecule has 0 amide bonds. The molecule has 7 heteroatoms. The van der Waals surface area contributed by atoms with Crippen LogP contribution in [0.5, 0.6) is 11.5 Å². The van der Waals surface area contributed by atoms with E-state index in [4.69, 9.17) is 10.5 Å². The second-order valence-corrected chi connectivity index (χ2v) is 6.09. The van der Waals surface area contributed by atoms with Gasteiger partial charge in [-0.15, -0.1) is 0 Å². The van der Waals surface area contributed by atoms with Gasteiger partial charge >= 0.3 is 145 Å². The van der Waals surface area contributed by atoms with Crippen LogP contribution in [0, 0.1) is 0 Å². The van der Waals surface area contributed by atoms with Crippen LogP contribution in [0.2, 0.25) is 0 Å². The van der Waals surface area contributed by atoms with Gasteiger partial charge in [0.15, 0.2) is 0 Å². The third kappa shape index (κ3) is 2.41. The first kappa shape index (κ1) is 14.7. The number of pyridine rings is 1. The molecule has 2 aromatic carbocycles. The maximum absolute atomic E-state index is 11.7. The quantitative estimate of drug-likeness (QED) is 0.409. The molecule has 0 spiro atoms. The molecule has 0 aliphatic carbocycles. The number of benzene rings is 2. The number of nitrogens with one attached hydrogen (secondary N) is 1. The molecule has 24 heavy (non-hydrogen) atoms. The van der Waals surface area contributed by atoms with Crippen LogP contribution >= 0.6 is 0 Å². The minimum absolute atomic E-state index is 0.287. The average Bonchev–Trinajstić information content (AvgIpc) is 2.59. The van der Waals surface area contributed by atoms with Crippen molar-refractivity contribution in [3.63, 3.8) is 0 Å². The Kier molecular flexibility index (Phi) is 3.47. The molecule has 0 aliphatic heterocycles. The van der Waals surface area contributed by atoms with Crippen LogP contribution in [0.15, 0.2) is 53.5 Å². The van der Waals surface area contributed by atoms with Crippen LogP contribution in [-0.2, 0) is 0 Å². The molecule has 0 atom stereocenters. The van der Waals surface area contributed by atoms with E-state index in [2.05, 4.69) is 31.8 Å². The number of nitrogen functional groups attached to an aromatic ring is 1. The fourth-order valence-electron chi connectivity index (χ4n) is 2.54. The zero-order valence-electron chi connectivity index (χ0n) is 12.4. The predicted octanol–water partition coefficient (Wildman–Crippen LogP) is 1.64.